The molecule has 2 aliphatic heterocycles. The number of nitrogens with zero attached hydrogens (tertiary/aromatic N) is 2. The molecule has 114 valence electrons. The van der Waals surface area contributed by atoms with Crippen molar-refractivity contribution in [3.8, 4) is 0 Å². The van der Waals surface area contributed by atoms with Crippen LogP contribution in [0.1, 0.15) is 55.1 Å². The number of aromatic nitrogens is 2. The topological polar surface area (TPSA) is 61.0 Å². The monoisotopic (exact) mass is 288 g/mol. The first-order chi connectivity index (χ1) is 10.3. The average molecular weight is 288 g/mol. The van der Waals surface area contributed by atoms with E-state index in [2.05, 4.69) is 15.2 Å². The summed E-state index contributed by atoms with van der Waals surface area (Å²) in [5, 5.41) is 3.35. The first-order valence-electron chi connectivity index (χ1n) is 8.38. The highest BCUT2D eigenvalue weighted by Crippen LogP contribution is 2.28. The van der Waals surface area contributed by atoms with Crippen LogP contribution in [0.3, 0.4) is 0 Å². The van der Waals surface area contributed by atoms with E-state index in [-0.39, 0.29) is 5.56 Å². The minimum Gasteiger partial charge on any atom is -0.316 e. The van der Waals surface area contributed by atoms with Crippen molar-refractivity contribution in [1.82, 2.24) is 20.2 Å². The van der Waals surface area contributed by atoms with Gasteiger partial charge in [0, 0.05) is 37.2 Å². The molecule has 1 saturated heterocycles. The van der Waals surface area contributed by atoms with Crippen LogP contribution in [-0.2, 0) is 13.0 Å². The highest BCUT2D eigenvalue weighted by atomic mass is 16.1. The maximum absolute atomic E-state index is 12.3. The minimum atomic E-state index is 0.105. The second-order valence-corrected chi connectivity index (χ2v) is 6.72. The molecule has 5 heteroatoms. The van der Waals surface area contributed by atoms with Crippen LogP contribution < -0.4 is 10.9 Å². The molecular formula is C16H24N4O. The molecule has 0 aromatic carbocycles. The van der Waals surface area contributed by atoms with Crippen molar-refractivity contribution < 1.29 is 0 Å². The number of rotatable bonds is 2. The zero-order valence-electron chi connectivity index (χ0n) is 12.5. The van der Waals surface area contributed by atoms with Gasteiger partial charge >= 0.3 is 0 Å². The number of fused-ring (bicyclic) bond motifs is 1. The van der Waals surface area contributed by atoms with Gasteiger partial charge in [-0.1, -0.05) is 12.8 Å². The molecule has 1 aromatic rings. The fraction of sp³-hybridized carbons (Fsp3) is 0.750. The molecule has 0 unspecified atom stereocenters. The van der Waals surface area contributed by atoms with Crippen molar-refractivity contribution >= 4 is 0 Å². The van der Waals surface area contributed by atoms with E-state index in [4.69, 9.17) is 4.98 Å². The number of hydrogen-bond donors (Lipinski definition) is 2. The van der Waals surface area contributed by atoms with Crippen LogP contribution in [0.25, 0.3) is 0 Å². The Bertz CT molecular complexity index is 570. The molecule has 0 spiro atoms. The van der Waals surface area contributed by atoms with Crippen molar-refractivity contribution in [2.24, 2.45) is 0 Å². The predicted molar refractivity (Wildman–Crippen MR) is 81.5 cm³/mol. The summed E-state index contributed by atoms with van der Waals surface area (Å²) in [6.07, 6.45) is 7.28. The SMILES string of the molecule is O=c1[nH]c([C@H]2CCNC2)nc2c1CCN(C1CCCC1)C2. The number of hydrogen-bond acceptors (Lipinski definition) is 4. The van der Waals surface area contributed by atoms with Crippen LogP contribution >= 0.6 is 0 Å². The van der Waals surface area contributed by atoms with Crippen molar-refractivity contribution in [2.45, 2.75) is 57.0 Å². The van der Waals surface area contributed by atoms with Crippen molar-refractivity contribution in [2.75, 3.05) is 19.6 Å². The normalized spacial score (nSPS) is 27.1. The lowest BCUT2D eigenvalue weighted by molar-refractivity contribution is 0.177. The largest absolute Gasteiger partial charge is 0.316 e. The van der Waals surface area contributed by atoms with Gasteiger partial charge < -0.3 is 10.3 Å². The Labute approximate surface area is 125 Å². The summed E-state index contributed by atoms with van der Waals surface area (Å²) in [7, 11) is 0. The highest BCUT2D eigenvalue weighted by Gasteiger charge is 2.29. The summed E-state index contributed by atoms with van der Waals surface area (Å²) in [6.45, 7) is 3.86. The van der Waals surface area contributed by atoms with E-state index < -0.39 is 0 Å². The van der Waals surface area contributed by atoms with Gasteiger partial charge in [-0.15, -0.1) is 0 Å². The maximum Gasteiger partial charge on any atom is 0.254 e. The fourth-order valence-electron chi connectivity index (χ4n) is 4.14. The molecule has 0 amide bonds. The van der Waals surface area contributed by atoms with Gasteiger partial charge in [0.1, 0.15) is 5.82 Å². The van der Waals surface area contributed by atoms with Crippen molar-refractivity contribution in [1.29, 1.82) is 0 Å². The molecule has 5 nitrogen and oxygen atoms in total. The summed E-state index contributed by atoms with van der Waals surface area (Å²) < 4.78 is 0. The Morgan fingerprint density at radius 3 is 2.81 bits per heavy atom. The summed E-state index contributed by atoms with van der Waals surface area (Å²) in [5.41, 5.74) is 2.07. The zero-order chi connectivity index (χ0) is 14.2. The second-order valence-electron chi connectivity index (χ2n) is 6.72. The molecule has 0 radical (unpaired) electrons. The molecule has 3 aliphatic rings. The van der Waals surface area contributed by atoms with Gasteiger partial charge in [0.05, 0.1) is 5.69 Å². The Morgan fingerprint density at radius 2 is 2.05 bits per heavy atom. The zero-order valence-corrected chi connectivity index (χ0v) is 12.5. The average Bonchev–Trinajstić information content (AvgIpc) is 3.20. The minimum absolute atomic E-state index is 0.105. The van der Waals surface area contributed by atoms with Gasteiger partial charge in [0.25, 0.3) is 5.56 Å². The van der Waals surface area contributed by atoms with E-state index in [9.17, 15) is 4.79 Å². The number of H-pyrrole nitrogens is 1. The fourth-order valence-corrected chi connectivity index (χ4v) is 4.14. The molecule has 2 fully saturated rings. The first-order valence-corrected chi connectivity index (χ1v) is 8.38. The molecule has 1 saturated carbocycles. The van der Waals surface area contributed by atoms with E-state index in [1.54, 1.807) is 0 Å². The van der Waals surface area contributed by atoms with Gasteiger partial charge in [-0.05, 0) is 32.2 Å². The molecule has 21 heavy (non-hydrogen) atoms. The summed E-state index contributed by atoms with van der Waals surface area (Å²) in [4.78, 5) is 22.8. The van der Waals surface area contributed by atoms with Gasteiger partial charge in [-0.25, -0.2) is 4.98 Å². The number of nitrogens with one attached hydrogen (secondary N) is 2. The second kappa shape index (κ2) is 5.54. The Kier molecular flexibility index (Phi) is 3.55. The van der Waals surface area contributed by atoms with E-state index in [0.717, 1.165) is 62.1 Å². The van der Waals surface area contributed by atoms with Crippen LogP contribution in [0.5, 0.6) is 0 Å². The van der Waals surface area contributed by atoms with Gasteiger partial charge in [-0.2, -0.15) is 0 Å². The van der Waals surface area contributed by atoms with Crippen LogP contribution in [0.15, 0.2) is 4.79 Å². The molecule has 0 bridgehead atoms. The molecule has 1 atom stereocenters. The molecule has 3 heterocycles. The van der Waals surface area contributed by atoms with E-state index in [0.29, 0.717) is 5.92 Å². The summed E-state index contributed by atoms with van der Waals surface area (Å²) in [5.74, 6) is 1.28. The first kappa shape index (κ1) is 13.5. The predicted octanol–water partition coefficient (Wildman–Crippen LogP) is 1.15. The molecule has 1 aliphatic carbocycles. The lowest BCUT2D eigenvalue weighted by atomic mass is 10.0. The van der Waals surface area contributed by atoms with Gasteiger partial charge in [0.15, 0.2) is 0 Å². The lowest BCUT2D eigenvalue weighted by Gasteiger charge is -2.32. The third kappa shape index (κ3) is 2.53. The Morgan fingerprint density at radius 1 is 1.19 bits per heavy atom. The third-order valence-corrected chi connectivity index (χ3v) is 5.41. The van der Waals surface area contributed by atoms with E-state index >= 15 is 0 Å². The van der Waals surface area contributed by atoms with Crippen LogP contribution in [0.2, 0.25) is 0 Å². The highest BCUT2D eigenvalue weighted by molar-refractivity contribution is 5.22. The van der Waals surface area contributed by atoms with Gasteiger partial charge in [0.2, 0.25) is 0 Å². The Balaban J connectivity index is 1.61. The van der Waals surface area contributed by atoms with Gasteiger partial charge in [-0.3, -0.25) is 9.69 Å². The standard InChI is InChI=1S/C16H24N4O/c21-16-13-6-8-20(12-3-1-2-4-12)10-14(13)18-15(19-16)11-5-7-17-9-11/h11-12,17H,1-10H2,(H,18,19,21)/t11-/m0/s1. The van der Waals surface area contributed by atoms with E-state index in [1.807, 2.05) is 0 Å². The molecule has 2 N–H and O–H groups in total. The Hall–Kier alpha value is -1.20. The van der Waals surface area contributed by atoms with Crippen LogP contribution in [0.4, 0.5) is 0 Å². The summed E-state index contributed by atoms with van der Waals surface area (Å²) in [6, 6.07) is 0.718. The van der Waals surface area contributed by atoms with E-state index in [1.165, 1.54) is 25.7 Å². The van der Waals surface area contributed by atoms with Crippen LogP contribution in [-0.4, -0.2) is 40.5 Å². The van der Waals surface area contributed by atoms with Crippen LogP contribution in [0, 0.1) is 0 Å². The maximum atomic E-state index is 12.3. The number of aromatic amines is 1. The molecular weight excluding hydrogens is 264 g/mol. The lowest BCUT2D eigenvalue weighted by Crippen LogP contribution is -2.41. The quantitative estimate of drug-likeness (QED) is 0.857. The smallest absolute Gasteiger partial charge is 0.254 e. The third-order valence-electron chi connectivity index (χ3n) is 5.41. The van der Waals surface area contributed by atoms with Crippen molar-refractivity contribution in [3.05, 3.63) is 27.4 Å². The molecule has 4 rings (SSSR count). The summed E-state index contributed by atoms with van der Waals surface area (Å²) >= 11 is 0. The van der Waals surface area contributed by atoms with Crippen molar-refractivity contribution in [3.63, 3.8) is 0 Å². The molecule has 1 aromatic heterocycles.